The van der Waals surface area contributed by atoms with Gasteiger partial charge in [0, 0.05) is 12.1 Å². The molecule has 3 rings (SSSR count). The van der Waals surface area contributed by atoms with E-state index in [1.165, 1.54) is 25.3 Å². The number of nitro groups is 1. The lowest BCUT2D eigenvalue weighted by atomic mass is 10.2. The van der Waals surface area contributed by atoms with E-state index in [0.717, 1.165) is 11.6 Å². The Kier molecular flexibility index (Phi) is 5.79. The number of nitrogens with zero attached hydrogens (tertiary/aromatic N) is 1. The van der Waals surface area contributed by atoms with Crippen LogP contribution in [0.2, 0.25) is 0 Å². The van der Waals surface area contributed by atoms with Gasteiger partial charge in [-0.2, -0.15) is 0 Å². The van der Waals surface area contributed by atoms with Gasteiger partial charge in [0.15, 0.2) is 0 Å². The quantitative estimate of drug-likeness (QED) is 0.328. The zero-order valence-electron chi connectivity index (χ0n) is 16.2. The Bertz CT molecular complexity index is 1180. The van der Waals surface area contributed by atoms with Gasteiger partial charge in [0.25, 0.3) is 10.0 Å². The van der Waals surface area contributed by atoms with E-state index in [4.69, 9.17) is 15.2 Å². The number of hydrogen-bond donors (Lipinski definition) is 2. The first kappa shape index (κ1) is 20.9. The molecule has 30 heavy (non-hydrogen) atoms. The SMILES string of the molecule is COc1ccc(Oc2cc(N)c(NS(=O)(=O)c3ccc(C)cc3)cc2[N+](=O)[O-])cc1. The fraction of sp³-hybridized carbons (Fsp3) is 0.100. The van der Waals surface area contributed by atoms with E-state index in [2.05, 4.69) is 4.72 Å². The fourth-order valence-electron chi connectivity index (χ4n) is 2.59. The maximum absolute atomic E-state index is 12.6. The molecule has 0 aliphatic heterocycles. The topological polar surface area (TPSA) is 134 Å². The smallest absolute Gasteiger partial charge is 0.313 e. The lowest BCUT2D eigenvalue weighted by Crippen LogP contribution is -2.14. The van der Waals surface area contributed by atoms with Crippen LogP contribution in [0.25, 0.3) is 0 Å². The fourth-order valence-corrected chi connectivity index (χ4v) is 3.67. The molecule has 0 aliphatic carbocycles. The summed E-state index contributed by atoms with van der Waals surface area (Å²) >= 11 is 0. The molecule has 0 spiro atoms. The molecule has 0 saturated heterocycles. The molecule has 0 bridgehead atoms. The molecular weight excluding hydrogens is 410 g/mol. The van der Waals surface area contributed by atoms with Gasteiger partial charge in [-0.3, -0.25) is 14.8 Å². The second-order valence-corrected chi connectivity index (χ2v) is 8.04. The highest BCUT2D eigenvalue weighted by Crippen LogP contribution is 2.38. The maximum atomic E-state index is 12.6. The number of methoxy groups -OCH3 is 1. The Hall–Kier alpha value is -3.79. The molecule has 10 heteroatoms. The van der Waals surface area contributed by atoms with Crippen LogP contribution in [-0.4, -0.2) is 20.5 Å². The molecule has 0 radical (unpaired) electrons. The normalized spacial score (nSPS) is 11.0. The number of nitrogens with one attached hydrogen (secondary N) is 1. The predicted molar refractivity (Wildman–Crippen MR) is 113 cm³/mol. The average molecular weight is 429 g/mol. The minimum absolute atomic E-state index is 0.00807. The number of nitrogens with two attached hydrogens (primary N) is 1. The summed E-state index contributed by atoms with van der Waals surface area (Å²) in [5.74, 6) is 0.796. The van der Waals surface area contributed by atoms with E-state index in [0.29, 0.717) is 11.5 Å². The Labute approximate surface area is 173 Å². The highest BCUT2D eigenvalue weighted by atomic mass is 32.2. The van der Waals surface area contributed by atoms with Crippen molar-refractivity contribution in [3.63, 3.8) is 0 Å². The highest BCUT2D eigenvalue weighted by Gasteiger charge is 2.23. The second-order valence-electron chi connectivity index (χ2n) is 6.36. The van der Waals surface area contributed by atoms with E-state index >= 15 is 0 Å². The van der Waals surface area contributed by atoms with Crippen LogP contribution < -0.4 is 19.9 Å². The Morgan fingerprint density at radius 1 is 1.00 bits per heavy atom. The summed E-state index contributed by atoms with van der Waals surface area (Å²) < 4.78 is 38.1. The number of anilines is 2. The van der Waals surface area contributed by atoms with Crippen molar-refractivity contribution < 1.29 is 22.8 Å². The molecule has 3 aromatic rings. The van der Waals surface area contributed by atoms with Crippen molar-refractivity contribution >= 4 is 27.1 Å². The Morgan fingerprint density at radius 2 is 1.60 bits per heavy atom. The lowest BCUT2D eigenvalue weighted by Gasteiger charge is -2.13. The van der Waals surface area contributed by atoms with Crippen LogP contribution in [0.3, 0.4) is 0 Å². The van der Waals surface area contributed by atoms with Gasteiger partial charge in [0.05, 0.1) is 28.3 Å². The van der Waals surface area contributed by atoms with E-state index in [9.17, 15) is 18.5 Å². The van der Waals surface area contributed by atoms with Gasteiger partial charge >= 0.3 is 5.69 Å². The molecule has 0 heterocycles. The van der Waals surface area contributed by atoms with Gasteiger partial charge in [-0.05, 0) is 43.3 Å². The second kappa shape index (κ2) is 8.29. The van der Waals surface area contributed by atoms with Crippen molar-refractivity contribution in [2.45, 2.75) is 11.8 Å². The summed E-state index contributed by atoms with van der Waals surface area (Å²) in [6.07, 6.45) is 0. The largest absolute Gasteiger partial charge is 0.497 e. The number of hydrogen-bond acceptors (Lipinski definition) is 7. The number of ether oxygens (including phenoxy) is 2. The zero-order valence-corrected chi connectivity index (χ0v) is 17.0. The molecule has 0 unspecified atom stereocenters. The molecule has 9 nitrogen and oxygen atoms in total. The third kappa shape index (κ3) is 4.61. The van der Waals surface area contributed by atoms with Crippen molar-refractivity contribution in [2.75, 3.05) is 17.6 Å². The average Bonchev–Trinajstić information content (AvgIpc) is 2.70. The highest BCUT2D eigenvalue weighted by molar-refractivity contribution is 7.92. The molecule has 0 saturated carbocycles. The molecule has 0 aromatic heterocycles. The number of sulfonamides is 1. The summed E-state index contributed by atoms with van der Waals surface area (Å²) in [5, 5.41) is 11.5. The van der Waals surface area contributed by atoms with Gasteiger partial charge in [-0.15, -0.1) is 0 Å². The zero-order chi connectivity index (χ0) is 21.9. The number of nitro benzene ring substituents is 1. The van der Waals surface area contributed by atoms with Crippen molar-refractivity contribution in [3.8, 4) is 17.2 Å². The number of aryl methyl sites for hydroxylation is 1. The van der Waals surface area contributed by atoms with Crippen LogP contribution in [0.4, 0.5) is 17.1 Å². The minimum atomic E-state index is -3.98. The standard InChI is InChI=1S/C20H19N3O6S/c1-13-3-9-16(10-4-13)30(26,27)22-18-12-19(23(24)25)20(11-17(18)21)29-15-7-5-14(28-2)6-8-15/h3-12,22H,21H2,1-2H3. The maximum Gasteiger partial charge on any atom is 0.313 e. The van der Waals surface area contributed by atoms with Crippen molar-refractivity contribution in [1.82, 2.24) is 0 Å². The van der Waals surface area contributed by atoms with E-state index in [-0.39, 0.29) is 22.0 Å². The lowest BCUT2D eigenvalue weighted by molar-refractivity contribution is -0.385. The van der Waals surface area contributed by atoms with Crippen LogP contribution >= 0.6 is 0 Å². The molecule has 0 amide bonds. The molecule has 156 valence electrons. The summed E-state index contributed by atoms with van der Waals surface area (Å²) in [4.78, 5) is 10.9. The minimum Gasteiger partial charge on any atom is -0.497 e. The van der Waals surface area contributed by atoms with Crippen LogP contribution in [-0.2, 0) is 10.0 Å². The summed E-state index contributed by atoms with van der Waals surface area (Å²) in [5.41, 5.74) is 6.25. The summed E-state index contributed by atoms with van der Waals surface area (Å²) in [6.45, 7) is 1.83. The van der Waals surface area contributed by atoms with Crippen molar-refractivity contribution in [2.24, 2.45) is 0 Å². The van der Waals surface area contributed by atoms with Crippen LogP contribution in [0, 0.1) is 17.0 Å². The Morgan fingerprint density at radius 3 is 2.17 bits per heavy atom. The monoisotopic (exact) mass is 429 g/mol. The summed E-state index contributed by atoms with van der Waals surface area (Å²) in [7, 11) is -2.47. The summed E-state index contributed by atoms with van der Waals surface area (Å²) in [6, 6.07) is 14.8. The third-order valence-corrected chi connectivity index (χ3v) is 5.57. The first-order chi connectivity index (χ1) is 14.2. The molecule has 3 N–H and O–H groups in total. The number of nitrogen functional groups attached to an aromatic ring is 1. The van der Waals surface area contributed by atoms with Crippen LogP contribution in [0.5, 0.6) is 17.2 Å². The third-order valence-electron chi connectivity index (χ3n) is 4.19. The van der Waals surface area contributed by atoms with Crippen LogP contribution in [0.15, 0.2) is 65.6 Å². The molecule has 0 fully saturated rings. The predicted octanol–water partition coefficient (Wildman–Crippen LogP) is 4.09. The van der Waals surface area contributed by atoms with Gasteiger partial charge < -0.3 is 15.2 Å². The van der Waals surface area contributed by atoms with Crippen LogP contribution in [0.1, 0.15) is 5.56 Å². The van der Waals surface area contributed by atoms with E-state index in [1.807, 2.05) is 6.92 Å². The van der Waals surface area contributed by atoms with Crippen molar-refractivity contribution in [3.05, 3.63) is 76.3 Å². The number of benzene rings is 3. The first-order valence-corrected chi connectivity index (χ1v) is 10.2. The number of rotatable bonds is 7. The van der Waals surface area contributed by atoms with Gasteiger partial charge in [-0.25, -0.2) is 8.42 Å². The van der Waals surface area contributed by atoms with Gasteiger partial charge in [0.1, 0.15) is 11.5 Å². The molecule has 3 aromatic carbocycles. The molecular formula is C20H19N3O6S. The van der Waals surface area contributed by atoms with Crippen molar-refractivity contribution in [1.29, 1.82) is 0 Å². The molecule has 0 atom stereocenters. The van der Waals surface area contributed by atoms with E-state index in [1.54, 1.807) is 36.4 Å². The van der Waals surface area contributed by atoms with E-state index < -0.39 is 20.6 Å². The molecule has 0 aliphatic rings. The first-order valence-electron chi connectivity index (χ1n) is 8.69. The van der Waals surface area contributed by atoms with Gasteiger partial charge in [-0.1, -0.05) is 17.7 Å². The Balaban J connectivity index is 1.94. The van der Waals surface area contributed by atoms with Gasteiger partial charge in [0.2, 0.25) is 5.75 Å².